The van der Waals surface area contributed by atoms with Gasteiger partial charge in [-0.2, -0.15) is 0 Å². The highest BCUT2D eigenvalue weighted by molar-refractivity contribution is 5.97. The quantitative estimate of drug-likeness (QED) is 0.833. The van der Waals surface area contributed by atoms with Gasteiger partial charge >= 0.3 is 5.97 Å². The molecule has 1 saturated heterocycles. The number of esters is 1. The van der Waals surface area contributed by atoms with Gasteiger partial charge in [0.15, 0.2) is 0 Å². The molecule has 23 heavy (non-hydrogen) atoms. The summed E-state index contributed by atoms with van der Waals surface area (Å²) in [7, 11) is 0. The van der Waals surface area contributed by atoms with Crippen LogP contribution in [0.25, 0.3) is 0 Å². The highest BCUT2D eigenvalue weighted by atomic mass is 16.6. The lowest BCUT2D eigenvalue weighted by molar-refractivity contribution is -0.145. The van der Waals surface area contributed by atoms with Crippen molar-refractivity contribution >= 4 is 29.2 Å². The van der Waals surface area contributed by atoms with Crippen molar-refractivity contribution in [3.05, 3.63) is 24.3 Å². The number of benzene rings is 1. The first-order valence-electron chi connectivity index (χ1n) is 7.92. The first kappa shape index (κ1) is 14.2. The van der Waals surface area contributed by atoms with E-state index in [0.717, 1.165) is 12.8 Å². The number of ether oxygens (including phenoxy) is 1. The predicted octanol–water partition coefficient (Wildman–Crippen LogP) is 1.78. The molecule has 120 valence electrons. The van der Waals surface area contributed by atoms with E-state index in [-0.39, 0.29) is 47.6 Å². The number of rotatable bonds is 3. The predicted molar refractivity (Wildman–Crippen MR) is 82.4 cm³/mol. The third-order valence-electron chi connectivity index (χ3n) is 5.26. The number of carbonyl (C=O) groups excluding carboxylic acids is 3. The summed E-state index contributed by atoms with van der Waals surface area (Å²) in [4.78, 5) is 35.6. The normalized spacial score (nSPS) is 33.4. The van der Waals surface area contributed by atoms with Gasteiger partial charge in [-0.05, 0) is 43.0 Å². The fourth-order valence-electron chi connectivity index (χ4n) is 4.43. The van der Waals surface area contributed by atoms with E-state index in [9.17, 15) is 14.4 Å². The number of carbonyl (C=O) groups is 3. The lowest BCUT2D eigenvalue weighted by Gasteiger charge is -2.23. The summed E-state index contributed by atoms with van der Waals surface area (Å²) < 4.78 is 5.36. The van der Waals surface area contributed by atoms with Crippen LogP contribution in [-0.4, -0.2) is 23.9 Å². The second kappa shape index (κ2) is 5.08. The average Bonchev–Trinajstić information content (AvgIpc) is 3.10. The lowest BCUT2D eigenvalue weighted by atomic mass is 9.79. The zero-order valence-corrected chi connectivity index (χ0v) is 12.7. The molecule has 1 aromatic rings. The van der Waals surface area contributed by atoms with Crippen molar-refractivity contribution in [2.75, 3.05) is 10.6 Å². The summed E-state index contributed by atoms with van der Waals surface area (Å²) in [5.41, 5.74) is 1.34. The van der Waals surface area contributed by atoms with E-state index in [4.69, 9.17) is 4.74 Å². The minimum atomic E-state index is -0.277. The van der Waals surface area contributed by atoms with Gasteiger partial charge < -0.3 is 15.4 Å². The highest BCUT2D eigenvalue weighted by Crippen LogP contribution is 2.57. The summed E-state index contributed by atoms with van der Waals surface area (Å²) >= 11 is 0. The van der Waals surface area contributed by atoms with Gasteiger partial charge in [-0.25, -0.2) is 0 Å². The van der Waals surface area contributed by atoms with Crippen LogP contribution in [0.2, 0.25) is 0 Å². The fourth-order valence-corrected chi connectivity index (χ4v) is 4.43. The van der Waals surface area contributed by atoms with Crippen LogP contribution < -0.4 is 10.6 Å². The molecule has 0 unspecified atom stereocenters. The first-order chi connectivity index (χ1) is 11.0. The molecule has 4 rings (SSSR count). The maximum absolute atomic E-state index is 12.6. The Morgan fingerprint density at radius 2 is 1.74 bits per heavy atom. The van der Waals surface area contributed by atoms with Crippen LogP contribution in [0.5, 0.6) is 0 Å². The van der Waals surface area contributed by atoms with Crippen LogP contribution in [0.15, 0.2) is 24.3 Å². The van der Waals surface area contributed by atoms with E-state index < -0.39 is 0 Å². The summed E-state index contributed by atoms with van der Waals surface area (Å²) in [6, 6.07) is 6.95. The van der Waals surface area contributed by atoms with Crippen molar-refractivity contribution in [1.29, 1.82) is 0 Å². The molecule has 2 bridgehead atoms. The summed E-state index contributed by atoms with van der Waals surface area (Å²) in [6.07, 6.45) is 1.77. The van der Waals surface area contributed by atoms with Crippen molar-refractivity contribution in [3.63, 3.8) is 0 Å². The van der Waals surface area contributed by atoms with Gasteiger partial charge in [0.2, 0.25) is 11.8 Å². The zero-order chi connectivity index (χ0) is 16.1. The van der Waals surface area contributed by atoms with Crippen molar-refractivity contribution in [3.8, 4) is 0 Å². The molecular formula is C17H18N2O4. The molecule has 2 aliphatic carbocycles. The molecule has 1 heterocycles. The van der Waals surface area contributed by atoms with Crippen molar-refractivity contribution < 1.29 is 19.1 Å². The van der Waals surface area contributed by atoms with Crippen LogP contribution in [0.1, 0.15) is 19.8 Å². The second-order valence-electron chi connectivity index (χ2n) is 6.67. The summed E-state index contributed by atoms with van der Waals surface area (Å²) in [6.45, 7) is 1.44. The maximum Gasteiger partial charge on any atom is 0.310 e. The molecule has 2 N–H and O–H groups in total. The third kappa shape index (κ3) is 2.29. The Labute approximate surface area is 133 Å². The molecule has 1 aliphatic heterocycles. The molecule has 6 heteroatoms. The van der Waals surface area contributed by atoms with Crippen LogP contribution in [-0.2, 0) is 19.1 Å². The third-order valence-corrected chi connectivity index (χ3v) is 5.26. The highest BCUT2D eigenvalue weighted by Gasteiger charge is 2.63. The average molecular weight is 314 g/mol. The standard InChI is InChI=1S/C17H18N2O4/c1-8(20)18-10-2-4-11(5-3-10)19-16(21)14-9-6-12-13(7-9)23-17(22)15(12)14/h2-5,9,12-15H,6-7H2,1H3,(H,18,20)(H,19,21)/t9-,12-,13+,14-,15-/m0/s1. The lowest BCUT2D eigenvalue weighted by Crippen LogP contribution is -2.35. The SMILES string of the molecule is CC(=O)Nc1ccc(NC(=O)[C@H]2[C@H]3C[C@@H]4[C@@H]2C(=O)O[C@@H]4C3)cc1. The van der Waals surface area contributed by atoms with Crippen molar-refractivity contribution in [1.82, 2.24) is 0 Å². The topological polar surface area (TPSA) is 84.5 Å². The number of hydrogen-bond donors (Lipinski definition) is 2. The van der Waals surface area contributed by atoms with Gasteiger partial charge in [-0.15, -0.1) is 0 Å². The monoisotopic (exact) mass is 314 g/mol. The fraction of sp³-hybridized carbons (Fsp3) is 0.471. The van der Waals surface area contributed by atoms with E-state index in [1.165, 1.54) is 6.92 Å². The van der Waals surface area contributed by atoms with Gasteiger partial charge in [0.05, 0.1) is 11.8 Å². The van der Waals surface area contributed by atoms with E-state index >= 15 is 0 Å². The Hall–Kier alpha value is -2.37. The Morgan fingerprint density at radius 3 is 2.39 bits per heavy atom. The first-order valence-corrected chi connectivity index (χ1v) is 7.92. The Balaban J connectivity index is 1.46. The molecule has 3 fully saturated rings. The van der Waals surface area contributed by atoms with E-state index in [2.05, 4.69) is 10.6 Å². The van der Waals surface area contributed by atoms with Crippen molar-refractivity contribution in [2.24, 2.45) is 23.7 Å². The Morgan fingerprint density at radius 1 is 1.09 bits per heavy atom. The van der Waals surface area contributed by atoms with E-state index in [1.54, 1.807) is 24.3 Å². The molecular weight excluding hydrogens is 296 g/mol. The smallest absolute Gasteiger partial charge is 0.310 e. The van der Waals surface area contributed by atoms with E-state index in [0.29, 0.717) is 11.4 Å². The Bertz CT molecular complexity index is 682. The molecule has 0 radical (unpaired) electrons. The molecule has 3 aliphatic rings. The summed E-state index contributed by atoms with van der Waals surface area (Å²) in [5.74, 6) is -0.518. The van der Waals surface area contributed by atoms with Gasteiger partial charge in [-0.3, -0.25) is 14.4 Å². The van der Waals surface area contributed by atoms with Gasteiger partial charge in [0, 0.05) is 24.2 Å². The number of anilines is 2. The van der Waals surface area contributed by atoms with Gasteiger partial charge in [-0.1, -0.05) is 0 Å². The number of amides is 2. The minimum absolute atomic E-state index is 0.0403. The number of nitrogens with one attached hydrogen (secondary N) is 2. The largest absolute Gasteiger partial charge is 0.462 e. The van der Waals surface area contributed by atoms with Crippen LogP contribution in [0.4, 0.5) is 11.4 Å². The van der Waals surface area contributed by atoms with Gasteiger partial charge in [0.25, 0.3) is 0 Å². The molecule has 5 atom stereocenters. The molecule has 1 aromatic carbocycles. The molecule has 6 nitrogen and oxygen atoms in total. The van der Waals surface area contributed by atoms with Crippen LogP contribution in [0, 0.1) is 23.7 Å². The zero-order valence-electron chi connectivity index (χ0n) is 12.7. The number of fused-ring (bicyclic) bond motifs is 1. The van der Waals surface area contributed by atoms with Crippen LogP contribution in [0.3, 0.4) is 0 Å². The Kier molecular flexibility index (Phi) is 3.14. The van der Waals surface area contributed by atoms with Gasteiger partial charge in [0.1, 0.15) is 6.10 Å². The maximum atomic E-state index is 12.6. The van der Waals surface area contributed by atoms with E-state index in [1.807, 2.05) is 0 Å². The molecule has 0 spiro atoms. The second-order valence-corrected chi connectivity index (χ2v) is 6.67. The van der Waals surface area contributed by atoms with Crippen LogP contribution >= 0.6 is 0 Å². The molecule has 0 aromatic heterocycles. The number of hydrogen-bond acceptors (Lipinski definition) is 4. The molecule has 2 saturated carbocycles. The van der Waals surface area contributed by atoms with Crippen molar-refractivity contribution in [2.45, 2.75) is 25.9 Å². The molecule has 2 amide bonds. The summed E-state index contributed by atoms with van der Waals surface area (Å²) in [5, 5.41) is 5.57. The minimum Gasteiger partial charge on any atom is -0.462 e.